The Kier molecular flexibility index (Phi) is 6.67. The molecule has 4 rings (SSSR count). The number of carbonyl (C=O) groups is 1. The maximum atomic E-state index is 10.6. The van der Waals surface area contributed by atoms with Crippen LogP contribution in [0.3, 0.4) is 0 Å². The molecule has 6 nitrogen and oxygen atoms in total. The molecule has 1 aromatic heterocycles. The molecule has 0 radical (unpaired) electrons. The number of carboxylic acid groups (broad SMARTS) is 1. The molecule has 9 heteroatoms. The predicted octanol–water partition coefficient (Wildman–Crippen LogP) is 3.32. The van der Waals surface area contributed by atoms with E-state index in [2.05, 4.69) is 4.90 Å². The number of aliphatic carboxylic acids is 1. The van der Waals surface area contributed by atoms with Crippen molar-refractivity contribution in [3.05, 3.63) is 24.2 Å². The smallest absolute Gasteiger partial charge is 0.475 e. The summed E-state index contributed by atoms with van der Waals surface area (Å²) in [6.45, 7) is 5.79. The lowest BCUT2D eigenvalue weighted by Crippen LogP contribution is -2.64. The number of hydrogen-bond acceptors (Lipinski definition) is 5. The van der Waals surface area contributed by atoms with Crippen molar-refractivity contribution in [2.24, 2.45) is 11.8 Å². The number of ether oxygens (including phenoxy) is 2. The largest absolute Gasteiger partial charge is 0.490 e. The Balaban J connectivity index is 0.000000279. The van der Waals surface area contributed by atoms with Crippen LogP contribution in [0.25, 0.3) is 0 Å². The number of carboxylic acids is 1. The number of hydrogen-bond donors (Lipinski definition) is 1. The molecule has 158 valence electrons. The van der Waals surface area contributed by atoms with Gasteiger partial charge < -0.3 is 19.0 Å². The zero-order chi connectivity index (χ0) is 20.2. The summed E-state index contributed by atoms with van der Waals surface area (Å²) in [5.74, 6) is -0.171. The van der Waals surface area contributed by atoms with Gasteiger partial charge in [0.2, 0.25) is 0 Å². The molecule has 1 N–H and O–H groups in total. The highest BCUT2D eigenvalue weighted by Crippen LogP contribution is 2.42. The summed E-state index contributed by atoms with van der Waals surface area (Å²) in [6.07, 6.45) is 1.76. The Labute approximate surface area is 161 Å². The molecule has 1 unspecified atom stereocenters. The van der Waals surface area contributed by atoms with Crippen molar-refractivity contribution in [2.45, 2.75) is 44.0 Å². The van der Waals surface area contributed by atoms with Crippen LogP contribution < -0.4 is 0 Å². The van der Waals surface area contributed by atoms with Crippen molar-refractivity contribution in [2.75, 3.05) is 32.9 Å². The van der Waals surface area contributed by atoms with E-state index in [1.54, 1.807) is 6.26 Å². The SMILES string of the molecule is O=C(O)C(F)(F)F.c1coc(CN2CC3(C2)OCCC3CCOCC2CC2)c1. The summed E-state index contributed by atoms with van der Waals surface area (Å²) in [6, 6.07) is 4.00. The third kappa shape index (κ3) is 5.71. The van der Waals surface area contributed by atoms with Gasteiger partial charge in [0.05, 0.1) is 18.4 Å². The average molecular weight is 405 g/mol. The molecule has 3 fully saturated rings. The Morgan fingerprint density at radius 2 is 2.04 bits per heavy atom. The second-order valence-corrected chi connectivity index (χ2v) is 7.73. The lowest BCUT2D eigenvalue weighted by atomic mass is 9.79. The summed E-state index contributed by atoms with van der Waals surface area (Å²) in [7, 11) is 0. The summed E-state index contributed by atoms with van der Waals surface area (Å²) in [4.78, 5) is 11.3. The predicted molar refractivity (Wildman–Crippen MR) is 92.6 cm³/mol. The van der Waals surface area contributed by atoms with Gasteiger partial charge in [-0.05, 0) is 49.7 Å². The zero-order valence-corrected chi connectivity index (χ0v) is 15.6. The molecular formula is C19H26F3NO5. The molecule has 2 saturated heterocycles. The van der Waals surface area contributed by atoms with Crippen molar-refractivity contribution in [3.63, 3.8) is 0 Å². The van der Waals surface area contributed by atoms with E-state index in [1.165, 1.54) is 19.3 Å². The minimum absolute atomic E-state index is 0.107. The van der Waals surface area contributed by atoms with Crippen LogP contribution in [0.2, 0.25) is 0 Å². The third-order valence-electron chi connectivity index (χ3n) is 5.45. The number of rotatable bonds is 7. The first-order chi connectivity index (χ1) is 13.3. The standard InChI is InChI=1S/C17H25NO3.C2HF3O2/c1-2-16(20-7-1)10-18-12-17(13-18)15(6-9-21-17)5-8-19-11-14-3-4-14;3-2(4,5)1(6)7/h1-2,7,14-15H,3-6,8-13H2;(H,6,7). The van der Waals surface area contributed by atoms with E-state index in [9.17, 15) is 13.2 Å². The molecule has 1 spiro atoms. The van der Waals surface area contributed by atoms with Crippen molar-refractivity contribution < 1.29 is 37.0 Å². The van der Waals surface area contributed by atoms with Crippen LogP contribution in [0, 0.1) is 11.8 Å². The maximum absolute atomic E-state index is 10.6. The first-order valence-corrected chi connectivity index (χ1v) is 9.55. The lowest BCUT2D eigenvalue weighted by Gasteiger charge is -2.50. The lowest BCUT2D eigenvalue weighted by molar-refractivity contribution is -0.192. The van der Waals surface area contributed by atoms with Gasteiger partial charge in [0, 0.05) is 32.9 Å². The van der Waals surface area contributed by atoms with E-state index in [-0.39, 0.29) is 5.60 Å². The van der Waals surface area contributed by atoms with Crippen molar-refractivity contribution in [3.8, 4) is 0 Å². The monoisotopic (exact) mass is 405 g/mol. The Hall–Kier alpha value is -1.58. The minimum Gasteiger partial charge on any atom is -0.475 e. The topological polar surface area (TPSA) is 72.1 Å². The van der Waals surface area contributed by atoms with Crippen molar-refractivity contribution in [1.82, 2.24) is 4.90 Å². The van der Waals surface area contributed by atoms with Crippen LogP contribution in [-0.4, -0.2) is 60.7 Å². The molecule has 1 aromatic rings. The van der Waals surface area contributed by atoms with Crippen LogP contribution in [0.4, 0.5) is 13.2 Å². The van der Waals surface area contributed by atoms with Gasteiger partial charge in [-0.15, -0.1) is 0 Å². The average Bonchev–Trinajstić information content (AvgIpc) is 3.10. The van der Waals surface area contributed by atoms with Gasteiger partial charge >= 0.3 is 12.1 Å². The number of furan rings is 1. The number of nitrogens with zero attached hydrogens (tertiary/aromatic N) is 1. The second-order valence-electron chi connectivity index (χ2n) is 7.73. The van der Waals surface area contributed by atoms with E-state index >= 15 is 0 Å². The molecule has 0 amide bonds. The summed E-state index contributed by atoms with van der Waals surface area (Å²) in [5, 5.41) is 7.12. The highest BCUT2D eigenvalue weighted by Gasteiger charge is 2.52. The van der Waals surface area contributed by atoms with Gasteiger partial charge in [-0.25, -0.2) is 4.79 Å². The fourth-order valence-corrected chi connectivity index (χ4v) is 3.75. The van der Waals surface area contributed by atoms with Gasteiger partial charge in [-0.2, -0.15) is 13.2 Å². The van der Waals surface area contributed by atoms with Crippen LogP contribution in [-0.2, 0) is 20.8 Å². The van der Waals surface area contributed by atoms with Crippen molar-refractivity contribution >= 4 is 5.97 Å². The van der Waals surface area contributed by atoms with Gasteiger partial charge in [0.15, 0.2) is 0 Å². The molecule has 1 atom stereocenters. The van der Waals surface area contributed by atoms with E-state index in [0.29, 0.717) is 5.92 Å². The molecule has 2 aliphatic heterocycles. The summed E-state index contributed by atoms with van der Waals surface area (Å²) < 4.78 is 49.1. The molecule has 28 heavy (non-hydrogen) atoms. The number of halogens is 3. The molecule has 0 aromatic carbocycles. The Bertz CT molecular complexity index is 624. The van der Waals surface area contributed by atoms with Crippen LogP contribution >= 0.6 is 0 Å². The van der Waals surface area contributed by atoms with Gasteiger partial charge in [0.1, 0.15) is 5.76 Å². The molecule has 3 aliphatic rings. The normalized spacial score (nSPS) is 23.9. The fraction of sp³-hybridized carbons (Fsp3) is 0.737. The summed E-state index contributed by atoms with van der Waals surface area (Å²) in [5.41, 5.74) is 0.107. The highest BCUT2D eigenvalue weighted by molar-refractivity contribution is 5.73. The van der Waals surface area contributed by atoms with Crippen LogP contribution in [0.15, 0.2) is 22.8 Å². The molecule has 0 bridgehead atoms. The fourth-order valence-electron chi connectivity index (χ4n) is 3.75. The number of likely N-dealkylation sites (tertiary alicyclic amines) is 1. The Morgan fingerprint density at radius 1 is 1.32 bits per heavy atom. The van der Waals surface area contributed by atoms with Crippen LogP contribution in [0.1, 0.15) is 31.4 Å². The highest BCUT2D eigenvalue weighted by atomic mass is 19.4. The minimum atomic E-state index is -5.08. The van der Waals surface area contributed by atoms with Gasteiger partial charge in [-0.3, -0.25) is 4.90 Å². The molecule has 1 saturated carbocycles. The third-order valence-corrected chi connectivity index (χ3v) is 5.45. The first kappa shape index (κ1) is 21.1. The number of alkyl halides is 3. The quantitative estimate of drug-likeness (QED) is 0.702. The molecular weight excluding hydrogens is 379 g/mol. The second kappa shape index (κ2) is 8.84. The van der Waals surface area contributed by atoms with E-state index in [1.807, 2.05) is 12.1 Å². The molecule has 1 aliphatic carbocycles. The zero-order valence-electron chi connectivity index (χ0n) is 15.6. The van der Waals surface area contributed by atoms with Crippen molar-refractivity contribution in [1.29, 1.82) is 0 Å². The van der Waals surface area contributed by atoms with Gasteiger partial charge in [-0.1, -0.05) is 0 Å². The van der Waals surface area contributed by atoms with E-state index < -0.39 is 12.1 Å². The Morgan fingerprint density at radius 3 is 2.61 bits per heavy atom. The van der Waals surface area contributed by atoms with E-state index in [0.717, 1.165) is 57.6 Å². The maximum Gasteiger partial charge on any atom is 0.490 e. The van der Waals surface area contributed by atoms with Gasteiger partial charge in [0.25, 0.3) is 0 Å². The molecule has 3 heterocycles. The first-order valence-electron chi connectivity index (χ1n) is 9.55. The van der Waals surface area contributed by atoms with E-state index in [4.69, 9.17) is 23.8 Å². The summed E-state index contributed by atoms with van der Waals surface area (Å²) >= 11 is 0. The van der Waals surface area contributed by atoms with Crippen LogP contribution in [0.5, 0.6) is 0 Å².